The van der Waals surface area contributed by atoms with Gasteiger partial charge in [0, 0.05) is 51.2 Å². The highest BCUT2D eigenvalue weighted by molar-refractivity contribution is 5.79. The van der Waals surface area contributed by atoms with Gasteiger partial charge in [-0.15, -0.1) is 0 Å². The van der Waals surface area contributed by atoms with E-state index in [1.165, 1.54) is 0 Å². The fourth-order valence-corrected chi connectivity index (χ4v) is 3.59. The topological polar surface area (TPSA) is 84.5 Å². The number of hydrogen-bond acceptors (Lipinski definition) is 4. The van der Waals surface area contributed by atoms with Crippen LogP contribution in [0.3, 0.4) is 0 Å². The predicted octanol–water partition coefficient (Wildman–Crippen LogP) is 1.38. The lowest BCUT2D eigenvalue weighted by Gasteiger charge is -2.32. The predicted molar refractivity (Wildman–Crippen MR) is 104 cm³/mol. The Morgan fingerprint density at radius 2 is 2.00 bits per heavy atom. The van der Waals surface area contributed by atoms with Crippen LogP contribution >= 0.6 is 0 Å². The molecule has 0 saturated carbocycles. The van der Waals surface area contributed by atoms with Gasteiger partial charge < -0.3 is 20.1 Å². The molecule has 1 atom stereocenters. The number of carbonyl (C=O) groups excluding carboxylic acids is 2. The maximum absolute atomic E-state index is 12.8. The maximum atomic E-state index is 12.8. The van der Waals surface area contributed by atoms with Crippen molar-refractivity contribution >= 4 is 17.5 Å². The van der Waals surface area contributed by atoms with Crippen LogP contribution in [0.4, 0.5) is 5.69 Å². The third-order valence-electron chi connectivity index (χ3n) is 5.02. The highest BCUT2D eigenvalue weighted by Gasteiger charge is 2.27. The SMILES string of the molecule is CN(C)c1ccc(CC(=O)N2CCC[C@H](c3nccn3CC(N)=O)C2)cc1. The molecule has 2 aromatic rings. The van der Waals surface area contributed by atoms with Gasteiger partial charge in [-0.3, -0.25) is 9.59 Å². The van der Waals surface area contributed by atoms with Crippen LogP contribution < -0.4 is 10.6 Å². The number of benzene rings is 1. The van der Waals surface area contributed by atoms with Crippen LogP contribution in [0, 0.1) is 0 Å². The molecule has 2 N–H and O–H groups in total. The quantitative estimate of drug-likeness (QED) is 0.834. The molecule has 7 nitrogen and oxygen atoms in total. The first-order chi connectivity index (χ1) is 12.9. The number of rotatable bonds is 6. The minimum absolute atomic E-state index is 0.123. The van der Waals surface area contributed by atoms with E-state index < -0.39 is 0 Å². The molecule has 0 spiro atoms. The second-order valence-electron chi connectivity index (χ2n) is 7.30. The Kier molecular flexibility index (Phi) is 5.78. The Morgan fingerprint density at radius 3 is 2.67 bits per heavy atom. The first-order valence-electron chi connectivity index (χ1n) is 9.27. The van der Waals surface area contributed by atoms with E-state index in [0.29, 0.717) is 13.0 Å². The number of amides is 2. The summed E-state index contributed by atoms with van der Waals surface area (Å²) in [4.78, 5) is 32.4. The number of nitrogens with zero attached hydrogens (tertiary/aromatic N) is 4. The van der Waals surface area contributed by atoms with Gasteiger partial charge in [-0.1, -0.05) is 12.1 Å². The number of nitrogens with two attached hydrogens (primary N) is 1. The minimum atomic E-state index is -0.390. The van der Waals surface area contributed by atoms with E-state index in [4.69, 9.17) is 5.73 Å². The third-order valence-corrected chi connectivity index (χ3v) is 5.02. The highest BCUT2D eigenvalue weighted by Crippen LogP contribution is 2.26. The van der Waals surface area contributed by atoms with Crippen LogP contribution in [0.5, 0.6) is 0 Å². The summed E-state index contributed by atoms with van der Waals surface area (Å²) in [5.41, 5.74) is 7.45. The smallest absolute Gasteiger partial charge is 0.237 e. The summed E-state index contributed by atoms with van der Waals surface area (Å²) >= 11 is 0. The van der Waals surface area contributed by atoms with Crippen molar-refractivity contribution in [2.45, 2.75) is 31.7 Å². The molecule has 2 amide bonds. The van der Waals surface area contributed by atoms with Crippen LogP contribution in [0.15, 0.2) is 36.7 Å². The molecule has 3 rings (SSSR count). The van der Waals surface area contributed by atoms with Gasteiger partial charge in [-0.2, -0.15) is 0 Å². The van der Waals surface area contributed by atoms with Crippen LogP contribution in [0.25, 0.3) is 0 Å². The zero-order chi connectivity index (χ0) is 19.4. The number of primary amides is 1. The van der Waals surface area contributed by atoms with E-state index in [1.807, 2.05) is 48.2 Å². The van der Waals surface area contributed by atoms with Gasteiger partial charge in [0.25, 0.3) is 0 Å². The lowest BCUT2D eigenvalue weighted by Crippen LogP contribution is -2.40. The second-order valence-corrected chi connectivity index (χ2v) is 7.30. The number of hydrogen-bond donors (Lipinski definition) is 1. The number of piperidine rings is 1. The summed E-state index contributed by atoms with van der Waals surface area (Å²) in [6.07, 6.45) is 5.74. The molecule has 0 bridgehead atoms. The fourth-order valence-electron chi connectivity index (χ4n) is 3.59. The number of imidazole rings is 1. The average molecular weight is 369 g/mol. The van der Waals surface area contributed by atoms with Crippen molar-refractivity contribution in [1.82, 2.24) is 14.5 Å². The summed E-state index contributed by atoms with van der Waals surface area (Å²) in [7, 11) is 3.99. The van der Waals surface area contributed by atoms with Crippen molar-refractivity contribution in [1.29, 1.82) is 0 Å². The Hall–Kier alpha value is -2.83. The zero-order valence-electron chi connectivity index (χ0n) is 16.0. The van der Waals surface area contributed by atoms with Crippen molar-refractivity contribution in [3.05, 3.63) is 48.0 Å². The summed E-state index contributed by atoms with van der Waals surface area (Å²) in [5.74, 6) is 0.708. The molecule has 0 radical (unpaired) electrons. The van der Waals surface area contributed by atoms with E-state index in [2.05, 4.69) is 4.98 Å². The summed E-state index contributed by atoms with van der Waals surface area (Å²) in [5, 5.41) is 0. The van der Waals surface area contributed by atoms with Crippen molar-refractivity contribution in [2.75, 3.05) is 32.1 Å². The molecule has 1 aliphatic rings. The normalized spacial score (nSPS) is 17.0. The van der Waals surface area contributed by atoms with E-state index >= 15 is 0 Å². The van der Waals surface area contributed by atoms with Gasteiger partial charge in [-0.05, 0) is 30.5 Å². The van der Waals surface area contributed by atoms with Crippen LogP contribution in [0.2, 0.25) is 0 Å². The monoisotopic (exact) mass is 369 g/mol. The average Bonchev–Trinajstić information content (AvgIpc) is 3.09. The molecule has 0 unspecified atom stereocenters. The molecule has 1 saturated heterocycles. The number of anilines is 1. The van der Waals surface area contributed by atoms with Gasteiger partial charge in [0.1, 0.15) is 12.4 Å². The Labute approximate surface area is 159 Å². The molecule has 1 aliphatic heterocycles. The fraction of sp³-hybridized carbons (Fsp3) is 0.450. The lowest BCUT2D eigenvalue weighted by atomic mass is 9.96. The molecule has 2 heterocycles. The van der Waals surface area contributed by atoms with Crippen LogP contribution in [-0.4, -0.2) is 53.5 Å². The number of carbonyl (C=O) groups is 2. The van der Waals surface area contributed by atoms with Crippen LogP contribution in [-0.2, 0) is 22.6 Å². The number of aromatic nitrogens is 2. The van der Waals surface area contributed by atoms with Gasteiger partial charge >= 0.3 is 0 Å². The van der Waals surface area contributed by atoms with Crippen molar-refractivity contribution in [2.24, 2.45) is 5.73 Å². The summed E-state index contributed by atoms with van der Waals surface area (Å²) < 4.78 is 1.79. The Bertz CT molecular complexity index is 797. The molecular weight excluding hydrogens is 342 g/mol. The largest absolute Gasteiger partial charge is 0.378 e. The molecule has 1 fully saturated rings. The van der Waals surface area contributed by atoms with E-state index in [9.17, 15) is 9.59 Å². The third kappa shape index (κ3) is 4.67. The minimum Gasteiger partial charge on any atom is -0.378 e. The molecule has 1 aromatic carbocycles. The summed E-state index contributed by atoms with van der Waals surface area (Å²) in [6, 6.07) is 8.08. The van der Waals surface area contributed by atoms with Gasteiger partial charge in [0.05, 0.1) is 6.42 Å². The number of likely N-dealkylation sites (tertiary alicyclic amines) is 1. The Balaban J connectivity index is 1.64. The van der Waals surface area contributed by atoms with E-state index in [1.54, 1.807) is 17.0 Å². The van der Waals surface area contributed by atoms with Gasteiger partial charge in [-0.25, -0.2) is 4.98 Å². The molecular formula is C20H27N5O2. The maximum Gasteiger partial charge on any atom is 0.237 e. The first kappa shape index (κ1) is 18.9. The molecule has 0 aliphatic carbocycles. The Morgan fingerprint density at radius 1 is 1.26 bits per heavy atom. The van der Waals surface area contributed by atoms with Gasteiger partial charge in [0.15, 0.2) is 0 Å². The van der Waals surface area contributed by atoms with Crippen molar-refractivity contribution < 1.29 is 9.59 Å². The van der Waals surface area contributed by atoms with Gasteiger partial charge in [0.2, 0.25) is 11.8 Å². The van der Waals surface area contributed by atoms with Crippen molar-refractivity contribution in [3.63, 3.8) is 0 Å². The molecule has 1 aromatic heterocycles. The zero-order valence-corrected chi connectivity index (χ0v) is 16.0. The molecule has 7 heteroatoms. The molecule has 144 valence electrons. The second kappa shape index (κ2) is 8.24. The first-order valence-corrected chi connectivity index (χ1v) is 9.27. The standard InChI is InChI=1S/C20H27N5O2/c1-23(2)17-7-5-15(6-8-17)12-19(27)24-10-3-4-16(13-24)20-22-9-11-25(20)14-18(21)26/h5-9,11,16H,3-4,10,12-14H2,1-2H3,(H2,21,26)/t16-/m0/s1. The highest BCUT2D eigenvalue weighted by atomic mass is 16.2. The van der Waals surface area contributed by atoms with E-state index in [0.717, 1.165) is 36.5 Å². The molecule has 27 heavy (non-hydrogen) atoms. The van der Waals surface area contributed by atoms with E-state index in [-0.39, 0.29) is 24.3 Å². The van der Waals surface area contributed by atoms with Crippen molar-refractivity contribution in [3.8, 4) is 0 Å². The lowest BCUT2D eigenvalue weighted by molar-refractivity contribution is -0.131. The van der Waals surface area contributed by atoms with Crippen LogP contribution in [0.1, 0.15) is 30.1 Å². The summed E-state index contributed by atoms with van der Waals surface area (Å²) in [6.45, 7) is 1.52.